The Morgan fingerprint density at radius 3 is 0.618 bits per heavy atom. The minimum Gasteiger partial charge on any atom is -0.481 e. The van der Waals surface area contributed by atoms with Crippen molar-refractivity contribution in [3.05, 3.63) is 0 Å². The SMILES string of the molecule is COC(=O)C(N)CCCCN(CC(CCCCCCCCCCCCCCCCC(=O)O)CCCCCCCCCCCCCCCC(=O)O)CC(CCCCCCCCCCCCCCCCC(=O)O)CCCCCCCCCCCCCCCC(=O)O. The first-order chi connectivity index (χ1) is 43.4. The molecule has 0 amide bonds. The standard InChI is InChI=1S/C77H148N2O10/c1-89-77(88)72(78)62-56-57-67-79(68-70(60-50-42-34-26-18-10-6-14-22-30-38-46-54-65-75(84)85)58-48-40-32-24-16-8-2-4-12-20-28-36-44-52-63-73(80)81)69-71(61-51-43-35-27-19-11-7-15-23-31-39-47-55-66-76(86)87)59-49-41-33-25-17-9-3-5-13-21-29-37-45-53-64-74(82)83/h70-72H,2-69,78H2,1H3,(H,80,81)(H,82,83)(H,84,85)(H,86,87). The summed E-state index contributed by atoms with van der Waals surface area (Å²) in [7, 11) is 1.44. The van der Waals surface area contributed by atoms with Crippen molar-refractivity contribution in [2.45, 2.75) is 423 Å². The molecule has 0 fully saturated rings. The van der Waals surface area contributed by atoms with Gasteiger partial charge in [-0.15, -0.1) is 0 Å². The van der Waals surface area contributed by atoms with Crippen molar-refractivity contribution < 1.29 is 49.1 Å². The summed E-state index contributed by atoms with van der Waals surface area (Å²) in [6, 6.07) is -0.548. The van der Waals surface area contributed by atoms with Crippen LogP contribution in [-0.4, -0.2) is 88.0 Å². The predicted molar refractivity (Wildman–Crippen MR) is 374 cm³/mol. The van der Waals surface area contributed by atoms with Crippen LogP contribution in [0.5, 0.6) is 0 Å². The fraction of sp³-hybridized carbons (Fsp3) is 0.935. The Kier molecular flexibility index (Phi) is 67.5. The van der Waals surface area contributed by atoms with E-state index in [0.717, 1.165) is 70.8 Å². The topological polar surface area (TPSA) is 205 Å². The number of esters is 1. The lowest BCUT2D eigenvalue weighted by Crippen LogP contribution is -2.36. The van der Waals surface area contributed by atoms with Gasteiger partial charge in [-0.05, 0) is 82.6 Å². The van der Waals surface area contributed by atoms with Crippen LogP contribution in [0, 0.1) is 11.8 Å². The number of carboxylic acid groups (broad SMARTS) is 4. The molecule has 0 aliphatic heterocycles. The van der Waals surface area contributed by atoms with Crippen molar-refractivity contribution >= 4 is 29.8 Å². The normalized spacial score (nSPS) is 12.7. The fourth-order valence-electron chi connectivity index (χ4n) is 13.6. The van der Waals surface area contributed by atoms with Crippen LogP contribution in [0.3, 0.4) is 0 Å². The van der Waals surface area contributed by atoms with Crippen LogP contribution in [-0.2, 0) is 28.7 Å². The van der Waals surface area contributed by atoms with Gasteiger partial charge in [0.1, 0.15) is 6.04 Å². The van der Waals surface area contributed by atoms with E-state index in [0.29, 0.717) is 43.9 Å². The molecule has 0 rings (SSSR count). The van der Waals surface area contributed by atoms with Crippen molar-refractivity contribution in [2.24, 2.45) is 17.6 Å². The zero-order valence-corrected chi connectivity index (χ0v) is 58.6. The van der Waals surface area contributed by atoms with Gasteiger partial charge in [-0.1, -0.05) is 327 Å². The Morgan fingerprint density at radius 1 is 0.270 bits per heavy atom. The summed E-state index contributed by atoms with van der Waals surface area (Å²) in [5, 5.41) is 35.5. The molecule has 526 valence electrons. The number of nitrogens with two attached hydrogens (primary N) is 1. The summed E-state index contributed by atoms with van der Waals surface area (Å²) >= 11 is 0. The molecule has 0 aromatic heterocycles. The number of hydrogen-bond donors (Lipinski definition) is 5. The average Bonchev–Trinajstić information content (AvgIpc) is 3.58. The van der Waals surface area contributed by atoms with Crippen LogP contribution < -0.4 is 5.73 Å². The minimum absolute atomic E-state index is 0.303. The van der Waals surface area contributed by atoms with E-state index in [1.54, 1.807) is 0 Å². The van der Waals surface area contributed by atoms with Gasteiger partial charge in [0.05, 0.1) is 7.11 Å². The highest BCUT2D eigenvalue weighted by Crippen LogP contribution is 2.27. The lowest BCUT2D eigenvalue weighted by atomic mass is 9.91. The summed E-state index contributed by atoms with van der Waals surface area (Å²) in [6.45, 7) is 3.47. The number of carbonyl (C=O) groups excluding carboxylic acids is 1. The maximum absolute atomic E-state index is 12.3. The third-order valence-corrected chi connectivity index (χ3v) is 19.3. The molecule has 12 nitrogen and oxygen atoms in total. The lowest BCUT2D eigenvalue weighted by Gasteiger charge is -2.32. The van der Waals surface area contributed by atoms with Gasteiger partial charge in [0.2, 0.25) is 0 Å². The molecule has 0 bridgehead atoms. The van der Waals surface area contributed by atoms with Gasteiger partial charge in [0.15, 0.2) is 0 Å². The summed E-state index contributed by atoms with van der Waals surface area (Å²) in [5.74, 6) is -1.56. The van der Waals surface area contributed by atoms with Crippen molar-refractivity contribution in [3.63, 3.8) is 0 Å². The predicted octanol–water partition coefficient (Wildman–Crippen LogP) is 22.7. The van der Waals surface area contributed by atoms with Crippen molar-refractivity contribution in [1.82, 2.24) is 4.90 Å². The number of carbonyl (C=O) groups is 5. The molecular weight excluding hydrogens is 1110 g/mol. The molecule has 3 unspecified atom stereocenters. The molecule has 3 atom stereocenters. The highest BCUT2D eigenvalue weighted by Gasteiger charge is 2.20. The van der Waals surface area contributed by atoms with Crippen LogP contribution in [0.1, 0.15) is 417 Å². The Balaban J connectivity index is 5.64. The molecule has 0 heterocycles. The van der Waals surface area contributed by atoms with E-state index in [1.165, 1.54) is 341 Å². The fourth-order valence-corrected chi connectivity index (χ4v) is 13.6. The largest absolute Gasteiger partial charge is 0.481 e. The third-order valence-electron chi connectivity index (χ3n) is 19.3. The Labute approximate surface area is 549 Å². The van der Waals surface area contributed by atoms with E-state index in [1.807, 2.05) is 0 Å². The van der Waals surface area contributed by atoms with E-state index in [4.69, 9.17) is 30.9 Å². The molecule has 0 saturated heterocycles. The molecule has 0 aromatic rings. The van der Waals surface area contributed by atoms with Gasteiger partial charge in [-0.3, -0.25) is 24.0 Å². The Hall–Kier alpha value is -2.73. The van der Waals surface area contributed by atoms with Crippen LogP contribution in [0.4, 0.5) is 0 Å². The van der Waals surface area contributed by atoms with Crippen molar-refractivity contribution in [1.29, 1.82) is 0 Å². The van der Waals surface area contributed by atoms with Crippen LogP contribution in [0.2, 0.25) is 0 Å². The minimum atomic E-state index is -0.673. The molecule has 89 heavy (non-hydrogen) atoms. The summed E-state index contributed by atoms with van der Waals surface area (Å²) in [5.41, 5.74) is 6.28. The second-order valence-corrected chi connectivity index (χ2v) is 27.9. The van der Waals surface area contributed by atoms with Gasteiger partial charge >= 0.3 is 29.8 Å². The summed E-state index contributed by atoms with van der Waals surface area (Å²) < 4.78 is 5.00. The smallest absolute Gasteiger partial charge is 0.322 e. The monoisotopic (exact) mass is 1260 g/mol. The number of nitrogens with zero attached hydrogens (tertiary/aromatic N) is 1. The molecule has 0 radical (unpaired) electrons. The molecular formula is C77H148N2O10. The quantitative estimate of drug-likeness (QED) is 0.0285. The highest BCUT2D eigenvalue weighted by molar-refractivity contribution is 5.75. The number of ether oxygens (including phenoxy) is 1. The second kappa shape index (κ2) is 69.6. The van der Waals surface area contributed by atoms with E-state index >= 15 is 0 Å². The van der Waals surface area contributed by atoms with Crippen LogP contribution >= 0.6 is 0 Å². The number of aliphatic carboxylic acids is 4. The van der Waals surface area contributed by atoms with E-state index in [9.17, 15) is 24.0 Å². The maximum Gasteiger partial charge on any atom is 0.322 e. The van der Waals surface area contributed by atoms with Crippen molar-refractivity contribution in [2.75, 3.05) is 26.7 Å². The van der Waals surface area contributed by atoms with Gasteiger partial charge in [0, 0.05) is 38.8 Å². The number of methoxy groups -OCH3 is 1. The first-order valence-corrected chi connectivity index (χ1v) is 38.9. The summed E-state index contributed by atoms with van der Waals surface area (Å²) in [6.07, 6.45) is 76.9. The van der Waals surface area contributed by atoms with Crippen LogP contribution in [0.15, 0.2) is 0 Å². The second-order valence-electron chi connectivity index (χ2n) is 27.9. The van der Waals surface area contributed by atoms with Crippen LogP contribution in [0.25, 0.3) is 0 Å². The van der Waals surface area contributed by atoms with Crippen molar-refractivity contribution in [3.8, 4) is 0 Å². The molecule has 0 aromatic carbocycles. The first kappa shape index (κ1) is 86.3. The van der Waals surface area contributed by atoms with Gasteiger partial charge in [-0.2, -0.15) is 0 Å². The number of rotatable bonds is 76. The van der Waals surface area contributed by atoms with E-state index < -0.39 is 29.9 Å². The number of unbranched alkanes of at least 4 members (excludes halogenated alkanes) is 51. The highest BCUT2D eigenvalue weighted by atomic mass is 16.5. The molecule has 12 heteroatoms. The Bertz CT molecular complexity index is 1450. The summed E-state index contributed by atoms with van der Waals surface area (Å²) in [4.78, 5) is 58.3. The zero-order chi connectivity index (χ0) is 65.0. The molecule has 6 N–H and O–H groups in total. The maximum atomic E-state index is 12.3. The molecule has 0 spiro atoms. The molecule has 0 aliphatic rings. The van der Waals surface area contributed by atoms with Gasteiger partial charge in [0.25, 0.3) is 0 Å². The lowest BCUT2D eigenvalue weighted by molar-refractivity contribution is -0.142. The molecule has 0 aliphatic carbocycles. The zero-order valence-electron chi connectivity index (χ0n) is 58.6. The number of carboxylic acids is 4. The van der Waals surface area contributed by atoms with Gasteiger partial charge < -0.3 is 35.8 Å². The average molecular weight is 1260 g/mol. The Morgan fingerprint density at radius 2 is 0.438 bits per heavy atom. The number of hydrogen-bond acceptors (Lipinski definition) is 8. The van der Waals surface area contributed by atoms with E-state index in [2.05, 4.69) is 4.90 Å². The van der Waals surface area contributed by atoms with Gasteiger partial charge in [-0.25, -0.2) is 0 Å². The third kappa shape index (κ3) is 69.4. The van der Waals surface area contributed by atoms with E-state index in [-0.39, 0.29) is 5.97 Å². The molecule has 0 saturated carbocycles. The first-order valence-electron chi connectivity index (χ1n) is 38.9.